The van der Waals surface area contributed by atoms with Crippen molar-refractivity contribution in [2.24, 2.45) is 0 Å². The van der Waals surface area contributed by atoms with Gasteiger partial charge in [-0.05, 0) is 41.8 Å². The zero-order valence-electron chi connectivity index (χ0n) is 14.0. The maximum atomic E-state index is 12.9. The van der Waals surface area contributed by atoms with Gasteiger partial charge >= 0.3 is 0 Å². The highest BCUT2D eigenvalue weighted by atomic mass is 32.2. The highest BCUT2D eigenvalue weighted by Gasteiger charge is 2.17. The fraction of sp³-hybridized carbons (Fsp3) is 0.211. The topological polar surface area (TPSA) is 64.0 Å². The van der Waals surface area contributed by atoms with Crippen molar-refractivity contribution in [3.63, 3.8) is 0 Å². The van der Waals surface area contributed by atoms with E-state index < -0.39 is 10.0 Å². The lowest BCUT2D eigenvalue weighted by atomic mass is 10.1. The van der Waals surface area contributed by atoms with Gasteiger partial charge in [0, 0.05) is 18.7 Å². The number of rotatable bonds is 5. The number of aromatic nitrogens is 2. The fourth-order valence-electron chi connectivity index (χ4n) is 3.21. The van der Waals surface area contributed by atoms with Crippen LogP contribution in [0.1, 0.15) is 17.8 Å². The largest absolute Gasteiger partial charge is 0.328 e. The lowest BCUT2D eigenvalue weighted by molar-refractivity contribution is 0.600. The lowest BCUT2D eigenvalue weighted by Crippen LogP contribution is -2.15. The Bertz CT molecular complexity index is 1030. The zero-order valence-corrected chi connectivity index (χ0v) is 14.8. The lowest BCUT2D eigenvalue weighted by Gasteiger charge is -2.10. The summed E-state index contributed by atoms with van der Waals surface area (Å²) < 4.78 is 42.3. The Labute approximate surface area is 151 Å². The van der Waals surface area contributed by atoms with E-state index in [1.807, 2.05) is 18.3 Å². The number of fused-ring (bicyclic) bond motifs is 1. The number of hydrogen-bond acceptors (Lipinski definition) is 3. The number of nitrogens with zero attached hydrogens (tertiary/aromatic N) is 2. The molecule has 4 rings (SSSR count). The summed E-state index contributed by atoms with van der Waals surface area (Å²) in [5.74, 6) is 0.510. The van der Waals surface area contributed by atoms with E-state index in [1.54, 1.807) is 12.1 Å². The molecule has 0 bridgehead atoms. The van der Waals surface area contributed by atoms with Gasteiger partial charge in [-0.1, -0.05) is 24.3 Å². The van der Waals surface area contributed by atoms with E-state index in [4.69, 9.17) is 0 Å². The van der Waals surface area contributed by atoms with Crippen LogP contribution in [0, 0.1) is 5.82 Å². The van der Waals surface area contributed by atoms with Crippen molar-refractivity contribution in [3.8, 4) is 11.3 Å². The van der Waals surface area contributed by atoms with Crippen molar-refractivity contribution in [2.45, 2.75) is 25.1 Å². The number of imidazole rings is 1. The van der Waals surface area contributed by atoms with Crippen molar-refractivity contribution in [2.75, 3.05) is 4.72 Å². The molecule has 26 heavy (non-hydrogen) atoms. The average Bonchev–Trinajstić information content (AvgIpc) is 3.21. The number of hydrogen-bond donors (Lipinski definition) is 1. The normalized spacial score (nSPS) is 13.6. The molecule has 0 unspecified atom stereocenters. The summed E-state index contributed by atoms with van der Waals surface area (Å²) in [5, 5.41) is 0. The first-order valence-corrected chi connectivity index (χ1v) is 10.1. The molecule has 1 aromatic heterocycles. The molecule has 0 fully saturated rings. The number of anilines is 1. The van der Waals surface area contributed by atoms with E-state index in [2.05, 4.69) is 14.3 Å². The van der Waals surface area contributed by atoms with E-state index in [0.717, 1.165) is 36.5 Å². The van der Waals surface area contributed by atoms with Crippen LogP contribution in [0.5, 0.6) is 0 Å². The Hall–Kier alpha value is -2.67. The summed E-state index contributed by atoms with van der Waals surface area (Å²) in [4.78, 5) is 4.43. The molecule has 0 amide bonds. The van der Waals surface area contributed by atoms with E-state index in [1.165, 1.54) is 24.3 Å². The molecule has 0 saturated heterocycles. The Morgan fingerprint density at radius 2 is 1.81 bits per heavy atom. The number of nitrogens with one attached hydrogen (secondary N) is 1. The van der Waals surface area contributed by atoms with Crippen LogP contribution in [0.2, 0.25) is 0 Å². The van der Waals surface area contributed by atoms with Gasteiger partial charge < -0.3 is 4.57 Å². The molecule has 0 spiro atoms. The van der Waals surface area contributed by atoms with Crippen molar-refractivity contribution in [1.29, 1.82) is 0 Å². The third-order valence-electron chi connectivity index (χ3n) is 4.44. The molecule has 7 heteroatoms. The van der Waals surface area contributed by atoms with Crippen LogP contribution >= 0.6 is 0 Å². The summed E-state index contributed by atoms with van der Waals surface area (Å²) in [5.41, 5.74) is 3.09. The Kier molecular flexibility index (Phi) is 4.24. The van der Waals surface area contributed by atoms with Crippen LogP contribution in [-0.4, -0.2) is 18.0 Å². The molecule has 0 atom stereocenters. The molecule has 0 radical (unpaired) electrons. The first-order valence-electron chi connectivity index (χ1n) is 8.40. The minimum atomic E-state index is -3.57. The van der Waals surface area contributed by atoms with Crippen molar-refractivity contribution in [1.82, 2.24) is 9.55 Å². The summed E-state index contributed by atoms with van der Waals surface area (Å²) >= 11 is 0. The molecule has 134 valence electrons. The maximum absolute atomic E-state index is 12.9. The molecule has 1 aliphatic heterocycles. The Balaban J connectivity index is 1.49. The molecule has 2 aromatic carbocycles. The first-order chi connectivity index (χ1) is 12.5. The quantitative estimate of drug-likeness (QED) is 0.746. The van der Waals surface area contributed by atoms with Crippen molar-refractivity contribution < 1.29 is 12.8 Å². The van der Waals surface area contributed by atoms with Crippen LogP contribution in [0.4, 0.5) is 10.1 Å². The van der Waals surface area contributed by atoms with Gasteiger partial charge in [0.15, 0.2) is 0 Å². The zero-order chi connectivity index (χ0) is 18.1. The smallest absolute Gasteiger partial charge is 0.236 e. The predicted molar refractivity (Wildman–Crippen MR) is 98.6 cm³/mol. The minimum Gasteiger partial charge on any atom is -0.328 e. The van der Waals surface area contributed by atoms with E-state index in [0.29, 0.717) is 11.3 Å². The summed E-state index contributed by atoms with van der Waals surface area (Å²) in [7, 11) is -3.57. The molecule has 5 nitrogen and oxygen atoms in total. The highest BCUT2D eigenvalue weighted by Crippen LogP contribution is 2.27. The van der Waals surface area contributed by atoms with Crippen LogP contribution < -0.4 is 4.72 Å². The molecule has 1 N–H and O–H groups in total. The van der Waals surface area contributed by atoms with Gasteiger partial charge in [-0.25, -0.2) is 17.8 Å². The molecule has 0 aliphatic carbocycles. The van der Waals surface area contributed by atoms with Crippen LogP contribution in [0.3, 0.4) is 0 Å². The monoisotopic (exact) mass is 371 g/mol. The summed E-state index contributed by atoms with van der Waals surface area (Å²) in [6, 6.07) is 12.7. The van der Waals surface area contributed by atoms with Gasteiger partial charge in [0.2, 0.25) is 10.0 Å². The van der Waals surface area contributed by atoms with Gasteiger partial charge in [0.1, 0.15) is 11.6 Å². The van der Waals surface area contributed by atoms with E-state index in [9.17, 15) is 12.8 Å². The van der Waals surface area contributed by atoms with Gasteiger partial charge in [-0.15, -0.1) is 0 Å². The molecule has 3 aromatic rings. The second kappa shape index (κ2) is 6.57. The van der Waals surface area contributed by atoms with Crippen molar-refractivity contribution >= 4 is 15.7 Å². The number of halogens is 1. The maximum Gasteiger partial charge on any atom is 0.236 e. The molecular weight excluding hydrogens is 353 g/mol. The fourth-order valence-corrected chi connectivity index (χ4v) is 4.41. The third kappa shape index (κ3) is 3.48. The minimum absolute atomic E-state index is 0.203. The van der Waals surface area contributed by atoms with Gasteiger partial charge in [0.25, 0.3) is 0 Å². The third-order valence-corrected chi connectivity index (χ3v) is 5.70. The Morgan fingerprint density at radius 1 is 1.08 bits per heavy atom. The summed E-state index contributed by atoms with van der Waals surface area (Å²) in [6.45, 7) is 0.969. The Morgan fingerprint density at radius 3 is 2.54 bits per heavy atom. The second-order valence-corrected chi connectivity index (χ2v) is 8.10. The van der Waals surface area contributed by atoms with Gasteiger partial charge in [-0.3, -0.25) is 4.72 Å². The number of benzene rings is 2. The molecule has 2 heterocycles. The highest BCUT2D eigenvalue weighted by molar-refractivity contribution is 7.91. The van der Waals surface area contributed by atoms with Crippen LogP contribution in [0.15, 0.2) is 54.7 Å². The van der Waals surface area contributed by atoms with Crippen LogP contribution in [0.25, 0.3) is 11.3 Å². The number of aryl methyl sites for hydroxylation is 1. The predicted octanol–water partition coefficient (Wildman–Crippen LogP) is 3.58. The van der Waals surface area contributed by atoms with Gasteiger partial charge in [0.05, 0.1) is 17.6 Å². The van der Waals surface area contributed by atoms with Gasteiger partial charge in [-0.2, -0.15) is 0 Å². The second-order valence-electron chi connectivity index (χ2n) is 6.38. The van der Waals surface area contributed by atoms with Crippen molar-refractivity contribution in [3.05, 3.63) is 71.9 Å². The first kappa shape index (κ1) is 16.8. The number of sulfonamides is 1. The molecular formula is C19H18FN3O2S. The average molecular weight is 371 g/mol. The van der Waals surface area contributed by atoms with E-state index in [-0.39, 0.29) is 11.6 Å². The molecule has 0 saturated carbocycles. The van der Waals surface area contributed by atoms with Crippen LogP contribution in [-0.2, 0) is 28.7 Å². The molecule has 1 aliphatic rings. The standard InChI is InChI=1S/C19H18FN3O2S/c20-16-7-3-14(4-8-16)13-26(24,25)22-17-9-5-15(6-10-17)18-12-21-19-2-1-11-23(18)19/h3-10,12,22H,1-2,11,13H2. The van der Waals surface area contributed by atoms with E-state index >= 15 is 0 Å². The summed E-state index contributed by atoms with van der Waals surface area (Å²) in [6.07, 6.45) is 3.97. The SMILES string of the molecule is O=S(=O)(Cc1ccc(F)cc1)Nc1ccc(-c2cnc3n2CCC3)cc1.